The van der Waals surface area contributed by atoms with E-state index in [0.717, 1.165) is 0 Å². The molecule has 0 amide bonds. The van der Waals surface area contributed by atoms with Gasteiger partial charge in [0.15, 0.2) is 0 Å². The van der Waals surface area contributed by atoms with Crippen molar-refractivity contribution in [2.75, 3.05) is 0 Å². The first kappa shape index (κ1) is 7.51. The molecule has 1 heterocycles. The second-order valence-corrected chi connectivity index (χ2v) is 6.95. The van der Waals surface area contributed by atoms with E-state index < -0.39 is 14.0 Å². The number of rotatable bonds is 0. The largest absolute Gasteiger partial charge is 0.345 e. The van der Waals surface area contributed by atoms with Gasteiger partial charge in [0.05, 0.1) is 0 Å². The maximum atomic E-state index is 6.84. The molecule has 10 heavy (non-hydrogen) atoms. The highest BCUT2D eigenvalue weighted by Gasteiger charge is 2.41. The minimum absolute atomic E-state index is 0.657. The molecule has 1 aliphatic heterocycles. The first-order valence-electron chi connectivity index (χ1n) is 3.27. The van der Waals surface area contributed by atoms with Gasteiger partial charge in [0, 0.05) is 13.0 Å². The standard InChI is InChI=1S/C7H11NOSi/c1-7(8-2)5-6-10(3,4)9-7/h5-6H,1,3-4H3. The Balaban J connectivity index is 2.81. The van der Waals surface area contributed by atoms with Crippen molar-refractivity contribution in [2.24, 2.45) is 0 Å². The molecule has 0 bridgehead atoms. The van der Waals surface area contributed by atoms with E-state index in [1.54, 1.807) is 6.92 Å². The van der Waals surface area contributed by atoms with Crippen molar-refractivity contribution in [3.8, 4) is 0 Å². The summed E-state index contributed by atoms with van der Waals surface area (Å²) in [5, 5.41) is 0. The lowest BCUT2D eigenvalue weighted by atomic mass is 10.3. The van der Waals surface area contributed by atoms with Crippen molar-refractivity contribution in [1.82, 2.24) is 0 Å². The maximum Gasteiger partial charge on any atom is 0.345 e. The second kappa shape index (κ2) is 1.94. The predicted octanol–water partition coefficient (Wildman–Crippen LogP) is 1.95. The third kappa shape index (κ3) is 1.28. The summed E-state index contributed by atoms with van der Waals surface area (Å²) >= 11 is 0. The number of hydrogen-bond acceptors (Lipinski definition) is 1. The van der Waals surface area contributed by atoms with Crippen LogP contribution >= 0.6 is 0 Å². The SMILES string of the molecule is [C-]#[N+]C1(C)C=C[Si](C)(C)O1. The van der Waals surface area contributed by atoms with Gasteiger partial charge in [-0.25, -0.2) is 6.57 Å². The Bertz CT molecular complexity index is 216. The highest BCUT2D eigenvalue weighted by Crippen LogP contribution is 2.28. The Kier molecular flexibility index (Phi) is 1.46. The summed E-state index contributed by atoms with van der Waals surface area (Å²) in [7, 11) is -1.59. The van der Waals surface area contributed by atoms with Gasteiger partial charge in [-0.05, 0) is 13.1 Å². The molecule has 0 spiro atoms. The molecule has 0 aromatic carbocycles. The van der Waals surface area contributed by atoms with E-state index in [9.17, 15) is 0 Å². The van der Waals surface area contributed by atoms with Gasteiger partial charge in [0.25, 0.3) is 0 Å². The molecule has 1 aliphatic rings. The quantitative estimate of drug-likeness (QED) is 0.383. The van der Waals surface area contributed by atoms with Gasteiger partial charge in [0.1, 0.15) is 0 Å². The maximum absolute atomic E-state index is 6.84. The average molecular weight is 153 g/mol. The van der Waals surface area contributed by atoms with Crippen LogP contribution in [0.4, 0.5) is 0 Å². The molecular weight excluding hydrogens is 142 g/mol. The van der Waals surface area contributed by atoms with E-state index >= 15 is 0 Å². The molecule has 0 fully saturated rings. The Labute approximate surface area is 62.5 Å². The molecule has 1 atom stereocenters. The van der Waals surface area contributed by atoms with Crippen molar-refractivity contribution < 1.29 is 4.43 Å². The van der Waals surface area contributed by atoms with E-state index in [2.05, 4.69) is 23.6 Å². The summed E-state index contributed by atoms with van der Waals surface area (Å²) in [6, 6.07) is 0. The molecule has 1 unspecified atom stereocenters. The van der Waals surface area contributed by atoms with Crippen molar-refractivity contribution in [2.45, 2.75) is 25.7 Å². The molecule has 0 aromatic rings. The van der Waals surface area contributed by atoms with E-state index in [0.29, 0.717) is 0 Å². The van der Waals surface area contributed by atoms with Crippen LogP contribution in [0, 0.1) is 6.57 Å². The normalized spacial score (nSPS) is 35.8. The predicted molar refractivity (Wildman–Crippen MR) is 42.7 cm³/mol. The third-order valence-electron chi connectivity index (χ3n) is 1.49. The molecule has 0 radical (unpaired) electrons. The van der Waals surface area contributed by atoms with Gasteiger partial charge in [-0.2, -0.15) is 0 Å². The Hall–Kier alpha value is -0.593. The molecule has 2 nitrogen and oxygen atoms in total. The van der Waals surface area contributed by atoms with Crippen LogP contribution in [0.1, 0.15) is 6.92 Å². The van der Waals surface area contributed by atoms with E-state index in [-0.39, 0.29) is 0 Å². The molecule has 3 heteroatoms. The van der Waals surface area contributed by atoms with Crippen LogP contribution in [0.15, 0.2) is 11.8 Å². The zero-order valence-corrected chi connectivity index (χ0v) is 7.51. The monoisotopic (exact) mass is 153 g/mol. The first-order valence-corrected chi connectivity index (χ1v) is 6.25. The van der Waals surface area contributed by atoms with Gasteiger partial charge >= 0.3 is 5.72 Å². The van der Waals surface area contributed by atoms with Crippen molar-refractivity contribution in [3.63, 3.8) is 0 Å². The molecule has 0 aliphatic carbocycles. The summed E-state index contributed by atoms with van der Waals surface area (Å²) in [4.78, 5) is 3.39. The molecule has 54 valence electrons. The molecule has 0 aromatic heterocycles. The number of nitrogens with zero attached hydrogens (tertiary/aromatic N) is 1. The Morgan fingerprint density at radius 3 is 2.40 bits per heavy atom. The van der Waals surface area contributed by atoms with Gasteiger partial charge in [0.2, 0.25) is 8.32 Å². The summed E-state index contributed by atoms with van der Waals surface area (Å²) in [5.41, 5.74) is 1.40. The van der Waals surface area contributed by atoms with Crippen LogP contribution < -0.4 is 0 Å². The Morgan fingerprint density at radius 1 is 1.60 bits per heavy atom. The fourth-order valence-corrected chi connectivity index (χ4v) is 2.97. The minimum Gasteiger partial charge on any atom is -0.344 e. The van der Waals surface area contributed by atoms with Gasteiger partial charge < -0.3 is 4.43 Å². The zero-order valence-electron chi connectivity index (χ0n) is 6.51. The molecule has 0 N–H and O–H groups in total. The summed E-state index contributed by atoms with van der Waals surface area (Å²) in [6.45, 7) is 12.8. The van der Waals surface area contributed by atoms with E-state index in [4.69, 9.17) is 11.0 Å². The van der Waals surface area contributed by atoms with Gasteiger partial charge in [-0.1, -0.05) is 5.70 Å². The van der Waals surface area contributed by atoms with Crippen molar-refractivity contribution in [1.29, 1.82) is 0 Å². The van der Waals surface area contributed by atoms with Crippen LogP contribution in [0.25, 0.3) is 4.85 Å². The van der Waals surface area contributed by atoms with E-state index in [1.165, 1.54) is 0 Å². The van der Waals surface area contributed by atoms with Crippen LogP contribution in [0.2, 0.25) is 13.1 Å². The van der Waals surface area contributed by atoms with Crippen LogP contribution in [0.5, 0.6) is 0 Å². The summed E-state index contributed by atoms with van der Waals surface area (Å²) in [5.74, 6) is 0. The second-order valence-electron chi connectivity index (χ2n) is 3.21. The smallest absolute Gasteiger partial charge is 0.344 e. The molecule has 0 saturated heterocycles. The van der Waals surface area contributed by atoms with Crippen molar-refractivity contribution in [3.05, 3.63) is 23.2 Å². The lowest BCUT2D eigenvalue weighted by Crippen LogP contribution is -2.31. The highest BCUT2D eigenvalue weighted by molar-refractivity contribution is 6.77. The molecular formula is C7H11NOSi. The zero-order chi connectivity index (χ0) is 7.83. The van der Waals surface area contributed by atoms with Crippen molar-refractivity contribution >= 4 is 8.32 Å². The topological polar surface area (TPSA) is 13.6 Å². The lowest BCUT2D eigenvalue weighted by Gasteiger charge is -2.16. The Morgan fingerprint density at radius 2 is 2.20 bits per heavy atom. The minimum atomic E-state index is -1.59. The highest BCUT2D eigenvalue weighted by atomic mass is 28.4. The fraction of sp³-hybridized carbons (Fsp3) is 0.571. The lowest BCUT2D eigenvalue weighted by molar-refractivity contribution is 0.196. The molecule has 0 saturated carbocycles. The number of hydrogen-bond donors (Lipinski definition) is 0. The summed E-state index contributed by atoms with van der Waals surface area (Å²) < 4.78 is 5.56. The van der Waals surface area contributed by atoms with Gasteiger partial charge in [-0.3, -0.25) is 4.85 Å². The summed E-state index contributed by atoms with van der Waals surface area (Å²) in [6.07, 6.45) is 1.87. The molecule has 1 rings (SSSR count). The van der Waals surface area contributed by atoms with E-state index in [1.807, 2.05) is 6.08 Å². The first-order chi connectivity index (χ1) is 4.47. The average Bonchev–Trinajstić information content (AvgIpc) is 2.08. The van der Waals surface area contributed by atoms with Crippen LogP contribution in [0.3, 0.4) is 0 Å². The van der Waals surface area contributed by atoms with Gasteiger partial charge in [-0.15, -0.1) is 0 Å². The third-order valence-corrected chi connectivity index (χ3v) is 3.39. The fourth-order valence-electron chi connectivity index (χ4n) is 1.02. The van der Waals surface area contributed by atoms with Crippen LogP contribution in [-0.2, 0) is 4.43 Å². The van der Waals surface area contributed by atoms with Crippen LogP contribution in [-0.4, -0.2) is 14.0 Å².